The standard InChI is InChI=1S/C23H20FN5O/c1-14-18-9-17(24)5-7-19(18)28-22(14)23(30)29-8-2-3-21(29)20-6-4-15(12-27-20)16-10-25-13-26-11-16/h4-7,9-13,21,28H,2-3,8H2,1H3/t21-/m1/s1. The van der Waals surface area contributed by atoms with Gasteiger partial charge in [0.15, 0.2) is 0 Å². The molecule has 0 unspecified atom stereocenters. The van der Waals surface area contributed by atoms with Gasteiger partial charge in [0.25, 0.3) is 5.91 Å². The summed E-state index contributed by atoms with van der Waals surface area (Å²) in [5.74, 6) is -0.385. The summed E-state index contributed by atoms with van der Waals surface area (Å²) in [6.45, 7) is 2.52. The SMILES string of the molecule is Cc1c(C(=O)N2CCC[C@@H]2c2ccc(-c3cncnc3)cn2)[nH]c2ccc(F)cc12. The van der Waals surface area contributed by atoms with E-state index in [0.29, 0.717) is 12.2 Å². The summed E-state index contributed by atoms with van der Waals surface area (Å²) < 4.78 is 13.6. The fraction of sp³-hybridized carbons (Fsp3) is 0.217. The van der Waals surface area contributed by atoms with E-state index in [9.17, 15) is 9.18 Å². The van der Waals surface area contributed by atoms with E-state index in [1.807, 2.05) is 24.0 Å². The number of carbonyl (C=O) groups excluding carboxylic acids is 1. The number of likely N-dealkylation sites (tertiary alicyclic amines) is 1. The van der Waals surface area contributed by atoms with E-state index < -0.39 is 0 Å². The van der Waals surface area contributed by atoms with Gasteiger partial charge in [-0.1, -0.05) is 6.07 Å². The molecule has 1 aliphatic rings. The minimum absolute atomic E-state index is 0.0751. The summed E-state index contributed by atoms with van der Waals surface area (Å²) in [6.07, 6.45) is 8.56. The first-order valence-corrected chi connectivity index (χ1v) is 9.92. The summed E-state index contributed by atoms with van der Waals surface area (Å²) in [7, 11) is 0. The molecule has 1 fully saturated rings. The van der Waals surface area contributed by atoms with Crippen molar-refractivity contribution in [2.24, 2.45) is 0 Å². The molecule has 1 N–H and O–H groups in total. The highest BCUT2D eigenvalue weighted by Crippen LogP contribution is 2.34. The van der Waals surface area contributed by atoms with Crippen LogP contribution in [-0.2, 0) is 0 Å². The van der Waals surface area contributed by atoms with E-state index in [-0.39, 0.29) is 17.8 Å². The van der Waals surface area contributed by atoms with Crippen LogP contribution in [0.3, 0.4) is 0 Å². The number of fused-ring (bicyclic) bond motifs is 1. The van der Waals surface area contributed by atoms with E-state index in [1.54, 1.807) is 24.7 Å². The quantitative estimate of drug-likeness (QED) is 0.551. The number of aryl methyl sites for hydroxylation is 1. The molecule has 5 rings (SSSR count). The molecule has 0 aliphatic carbocycles. The number of hydrogen-bond donors (Lipinski definition) is 1. The summed E-state index contributed by atoms with van der Waals surface area (Å²) >= 11 is 0. The van der Waals surface area contributed by atoms with Crippen molar-refractivity contribution in [2.45, 2.75) is 25.8 Å². The molecule has 4 aromatic rings. The van der Waals surface area contributed by atoms with E-state index in [2.05, 4.69) is 19.9 Å². The second-order valence-corrected chi connectivity index (χ2v) is 7.57. The van der Waals surface area contributed by atoms with Crippen LogP contribution in [0.1, 0.15) is 40.6 Å². The Bertz CT molecular complexity index is 1220. The largest absolute Gasteiger partial charge is 0.350 e. The first-order chi connectivity index (χ1) is 14.6. The number of nitrogens with one attached hydrogen (secondary N) is 1. The summed E-state index contributed by atoms with van der Waals surface area (Å²) in [4.78, 5) is 31.1. The number of rotatable bonds is 3. The molecule has 1 aromatic carbocycles. The molecular formula is C23H20FN5O. The van der Waals surface area contributed by atoms with Crippen LogP contribution >= 0.6 is 0 Å². The maximum Gasteiger partial charge on any atom is 0.271 e. The number of aromatic amines is 1. The highest BCUT2D eigenvalue weighted by atomic mass is 19.1. The number of benzene rings is 1. The van der Waals surface area contributed by atoms with Crippen LogP contribution in [0.4, 0.5) is 4.39 Å². The number of H-pyrrole nitrogens is 1. The monoisotopic (exact) mass is 401 g/mol. The van der Waals surface area contributed by atoms with Crippen molar-refractivity contribution < 1.29 is 9.18 Å². The molecule has 1 atom stereocenters. The molecule has 3 aromatic heterocycles. The molecule has 4 heterocycles. The van der Waals surface area contributed by atoms with Crippen molar-refractivity contribution in [3.63, 3.8) is 0 Å². The number of hydrogen-bond acceptors (Lipinski definition) is 4. The molecule has 1 amide bonds. The Kier molecular flexibility index (Phi) is 4.50. The van der Waals surface area contributed by atoms with Crippen LogP contribution in [0.2, 0.25) is 0 Å². The predicted octanol–water partition coefficient (Wildman–Crippen LogP) is 4.44. The lowest BCUT2D eigenvalue weighted by atomic mass is 10.1. The highest BCUT2D eigenvalue weighted by Gasteiger charge is 2.33. The van der Waals surface area contributed by atoms with Gasteiger partial charge in [-0.25, -0.2) is 14.4 Å². The van der Waals surface area contributed by atoms with E-state index in [1.165, 1.54) is 18.5 Å². The Morgan fingerprint density at radius 3 is 2.73 bits per heavy atom. The lowest BCUT2D eigenvalue weighted by molar-refractivity contribution is 0.0727. The average Bonchev–Trinajstić information content (AvgIpc) is 3.39. The topological polar surface area (TPSA) is 74.8 Å². The molecule has 0 bridgehead atoms. The van der Waals surface area contributed by atoms with Crippen molar-refractivity contribution in [3.8, 4) is 11.1 Å². The van der Waals surface area contributed by atoms with Gasteiger partial charge in [0.1, 0.15) is 17.8 Å². The lowest BCUT2D eigenvalue weighted by Crippen LogP contribution is -2.31. The fourth-order valence-electron chi connectivity index (χ4n) is 4.19. The molecule has 0 spiro atoms. The van der Waals surface area contributed by atoms with Gasteiger partial charge in [0, 0.05) is 47.2 Å². The minimum Gasteiger partial charge on any atom is -0.350 e. The Morgan fingerprint density at radius 2 is 1.97 bits per heavy atom. The van der Waals surface area contributed by atoms with E-state index >= 15 is 0 Å². The van der Waals surface area contributed by atoms with Crippen molar-refractivity contribution in [2.75, 3.05) is 6.54 Å². The third-order valence-electron chi connectivity index (χ3n) is 5.77. The van der Waals surface area contributed by atoms with Crippen molar-refractivity contribution in [3.05, 3.63) is 78.0 Å². The zero-order chi connectivity index (χ0) is 20.7. The Hall–Kier alpha value is -3.61. The van der Waals surface area contributed by atoms with Crippen LogP contribution in [0.15, 0.2) is 55.2 Å². The third kappa shape index (κ3) is 3.12. The molecule has 0 radical (unpaired) electrons. The van der Waals surface area contributed by atoms with Crippen LogP contribution in [0.25, 0.3) is 22.0 Å². The molecule has 0 saturated carbocycles. The Labute approximate surface area is 172 Å². The molecule has 1 aliphatic heterocycles. The maximum atomic E-state index is 13.6. The first-order valence-electron chi connectivity index (χ1n) is 9.92. The number of pyridine rings is 1. The Morgan fingerprint density at radius 1 is 1.13 bits per heavy atom. The van der Waals surface area contributed by atoms with Gasteiger partial charge in [0.05, 0.1) is 11.7 Å². The molecular weight excluding hydrogens is 381 g/mol. The average molecular weight is 401 g/mol. The highest BCUT2D eigenvalue weighted by molar-refractivity contribution is 6.01. The van der Waals surface area contributed by atoms with Gasteiger partial charge in [-0.15, -0.1) is 0 Å². The molecule has 7 heteroatoms. The number of amides is 1. The zero-order valence-corrected chi connectivity index (χ0v) is 16.5. The van der Waals surface area contributed by atoms with Gasteiger partial charge in [-0.05, 0) is 49.6 Å². The number of halogens is 1. The van der Waals surface area contributed by atoms with Crippen LogP contribution in [0, 0.1) is 12.7 Å². The minimum atomic E-state index is -0.309. The third-order valence-corrected chi connectivity index (χ3v) is 5.77. The molecule has 1 saturated heterocycles. The Balaban J connectivity index is 1.44. The second kappa shape index (κ2) is 7.33. The molecule has 150 valence electrons. The van der Waals surface area contributed by atoms with Gasteiger partial charge >= 0.3 is 0 Å². The van der Waals surface area contributed by atoms with Crippen LogP contribution < -0.4 is 0 Å². The van der Waals surface area contributed by atoms with Crippen LogP contribution in [-0.4, -0.2) is 37.3 Å². The number of carbonyl (C=O) groups is 1. The maximum absolute atomic E-state index is 13.6. The summed E-state index contributed by atoms with van der Waals surface area (Å²) in [5, 5.41) is 0.738. The van der Waals surface area contributed by atoms with Crippen molar-refractivity contribution in [1.29, 1.82) is 0 Å². The predicted molar refractivity (Wildman–Crippen MR) is 111 cm³/mol. The summed E-state index contributed by atoms with van der Waals surface area (Å²) in [6, 6.07) is 8.40. The molecule has 6 nitrogen and oxygen atoms in total. The lowest BCUT2D eigenvalue weighted by Gasteiger charge is -2.24. The normalized spacial score (nSPS) is 16.3. The smallest absolute Gasteiger partial charge is 0.271 e. The van der Waals surface area contributed by atoms with E-state index in [4.69, 9.17) is 0 Å². The zero-order valence-electron chi connectivity index (χ0n) is 16.5. The fourth-order valence-corrected chi connectivity index (χ4v) is 4.19. The van der Waals surface area contributed by atoms with Gasteiger partial charge in [-0.2, -0.15) is 0 Å². The van der Waals surface area contributed by atoms with Gasteiger partial charge < -0.3 is 9.88 Å². The van der Waals surface area contributed by atoms with Crippen molar-refractivity contribution in [1.82, 2.24) is 24.8 Å². The van der Waals surface area contributed by atoms with Gasteiger partial charge in [0.2, 0.25) is 0 Å². The van der Waals surface area contributed by atoms with Crippen molar-refractivity contribution >= 4 is 16.8 Å². The first kappa shape index (κ1) is 18.4. The summed E-state index contributed by atoms with van der Waals surface area (Å²) in [5.41, 5.74) is 4.75. The van der Waals surface area contributed by atoms with Crippen LogP contribution in [0.5, 0.6) is 0 Å². The number of aromatic nitrogens is 4. The van der Waals surface area contributed by atoms with Gasteiger partial charge in [-0.3, -0.25) is 9.78 Å². The molecule has 30 heavy (non-hydrogen) atoms. The number of nitrogens with zero attached hydrogens (tertiary/aromatic N) is 4. The van der Waals surface area contributed by atoms with E-state index in [0.717, 1.165) is 46.1 Å². The second-order valence-electron chi connectivity index (χ2n) is 7.57.